The lowest BCUT2D eigenvalue weighted by atomic mass is 9.96. The van der Waals surface area contributed by atoms with Crippen LogP contribution in [0.15, 0.2) is 35.2 Å². The van der Waals surface area contributed by atoms with Crippen molar-refractivity contribution in [1.82, 2.24) is 9.21 Å². The summed E-state index contributed by atoms with van der Waals surface area (Å²) >= 11 is 12.0. The molecular weight excluding hydrogens is 495 g/mol. The number of fused-ring (bicyclic) bond motifs is 1. The Balaban J connectivity index is 1.96. The molecule has 0 aliphatic carbocycles. The Kier molecular flexibility index (Phi) is 6.92. The minimum atomic E-state index is -4.39. The summed E-state index contributed by atoms with van der Waals surface area (Å²) in [5.41, 5.74) is 0.148. The SMILES string of the molecule is CC(C)c1cc(OC(=O)N(C)C)cc2c1C(=O)N(COC(=O)c1c(Cl)cccc1Cl)S2(=O)=O. The van der Waals surface area contributed by atoms with Crippen molar-refractivity contribution in [1.29, 1.82) is 0 Å². The van der Waals surface area contributed by atoms with Crippen molar-refractivity contribution in [3.8, 4) is 5.75 Å². The van der Waals surface area contributed by atoms with Crippen LogP contribution in [0.3, 0.4) is 0 Å². The molecule has 9 nitrogen and oxygen atoms in total. The molecule has 2 amide bonds. The number of carbonyl (C=O) groups is 3. The smallest absolute Gasteiger partial charge is 0.414 e. The van der Waals surface area contributed by atoms with E-state index in [-0.39, 0.29) is 37.7 Å². The summed E-state index contributed by atoms with van der Waals surface area (Å²) in [5, 5.41) is 0.0293. The van der Waals surface area contributed by atoms with Gasteiger partial charge in [0.05, 0.1) is 21.2 Å². The van der Waals surface area contributed by atoms with Crippen molar-refractivity contribution in [2.45, 2.75) is 24.7 Å². The molecule has 0 saturated carbocycles. The summed E-state index contributed by atoms with van der Waals surface area (Å²) < 4.78 is 37.0. The van der Waals surface area contributed by atoms with E-state index in [0.29, 0.717) is 9.87 Å². The minimum Gasteiger partial charge on any atom is -0.439 e. The summed E-state index contributed by atoms with van der Waals surface area (Å²) in [6.45, 7) is 2.63. The number of hydrogen-bond donors (Lipinski definition) is 0. The molecule has 0 atom stereocenters. The Bertz CT molecular complexity index is 1240. The molecule has 3 rings (SSSR count). The fourth-order valence-corrected chi connectivity index (χ4v) is 5.13. The largest absolute Gasteiger partial charge is 0.439 e. The zero-order valence-corrected chi connectivity index (χ0v) is 20.4. The first kappa shape index (κ1) is 24.8. The Morgan fingerprint density at radius 3 is 2.27 bits per heavy atom. The molecule has 2 aromatic rings. The molecule has 12 heteroatoms. The Hall–Kier alpha value is -2.82. The Morgan fingerprint density at radius 2 is 1.73 bits per heavy atom. The van der Waals surface area contributed by atoms with Crippen molar-refractivity contribution in [2.75, 3.05) is 20.8 Å². The number of halogens is 2. The number of esters is 1. The van der Waals surface area contributed by atoms with Gasteiger partial charge in [0.2, 0.25) is 0 Å². The maximum absolute atomic E-state index is 13.1. The number of benzene rings is 2. The molecule has 33 heavy (non-hydrogen) atoms. The summed E-state index contributed by atoms with van der Waals surface area (Å²) in [6.07, 6.45) is -0.714. The molecule has 2 aromatic carbocycles. The van der Waals surface area contributed by atoms with Crippen molar-refractivity contribution in [2.24, 2.45) is 0 Å². The lowest BCUT2D eigenvalue weighted by Gasteiger charge is -2.16. The van der Waals surface area contributed by atoms with E-state index < -0.39 is 34.7 Å². The first-order valence-corrected chi connectivity index (χ1v) is 11.8. The number of nitrogens with zero attached hydrogens (tertiary/aromatic N) is 2. The average Bonchev–Trinajstić information content (AvgIpc) is 2.91. The third-order valence-electron chi connectivity index (χ3n) is 4.79. The zero-order valence-electron chi connectivity index (χ0n) is 18.1. The van der Waals surface area contributed by atoms with E-state index >= 15 is 0 Å². The summed E-state index contributed by atoms with van der Waals surface area (Å²) in [6, 6.07) is 6.91. The van der Waals surface area contributed by atoms with Crippen LogP contribution in [0.1, 0.15) is 46.0 Å². The van der Waals surface area contributed by atoms with E-state index in [1.807, 2.05) is 0 Å². The molecule has 0 bridgehead atoms. The van der Waals surface area contributed by atoms with Crippen LogP contribution in [0.5, 0.6) is 5.75 Å². The van der Waals surface area contributed by atoms with Gasteiger partial charge in [-0.2, -0.15) is 4.31 Å². The minimum absolute atomic E-state index is 0.0147. The van der Waals surface area contributed by atoms with E-state index in [4.69, 9.17) is 32.7 Å². The van der Waals surface area contributed by atoms with E-state index in [1.54, 1.807) is 13.8 Å². The molecule has 1 heterocycles. The van der Waals surface area contributed by atoms with Crippen molar-refractivity contribution in [3.05, 3.63) is 57.1 Å². The van der Waals surface area contributed by atoms with E-state index in [1.165, 1.54) is 43.3 Å². The van der Waals surface area contributed by atoms with Gasteiger partial charge in [-0.15, -0.1) is 0 Å². The van der Waals surface area contributed by atoms with Crippen LogP contribution in [0, 0.1) is 0 Å². The number of carbonyl (C=O) groups excluding carboxylic acids is 3. The van der Waals surface area contributed by atoms with Gasteiger partial charge in [-0.25, -0.2) is 18.0 Å². The zero-order chi connectivity index (χ0) is 24.7. The maximum Gasteiger partial charge on any atom is 0.414 e. The second-order valence-corrected chi connectivity index (χ2v) is 10.3. The molecule has 1 aliphatic rings. The van der Waals surface area contributed by atoms with E-state index in [0.717, 1.165) is 6.07 Å². The van der Waals surface area contributed by atoms with Gasteiger partial charge in [0.15, 0.2) is 6.73 Å². The van der Waals surface area contributed by atoms with E-state index in [9.17, 15) is 22.8 Å². The molecule has 0 fully saturated rings. The molecule has 1 aliphatic heterocycles. The van der Waals surface area contributed by atoms with Gasteiger partial charge in [-0.3, -0.25) is 4.79 Å². The van der Waals surface area contributed by atoms with Crippen LogP contribution < -0.4 is 4.74 Å². The monoisotopic (exact) mass is 514 g/mol. The molecule has 0 unspecified atom stereocenters. The van der Waals surface area contributed by atoms with Gasteiger partial charge >= 0.3 is 12.1 Å². The number of rotatable bonds is 5. The van der Waals surface area contributed by atoms with E-state index in [2.05, 4.69) is 0 Å². The van der Waals surface area contributed by atoms with Crippen molar-refractivity contribution in [3.63, 3.8) is 0 Å². The van der Waals surface area contributed by atoms with Crippen LogP contribution >= 0.6 is 23.2 Å². The fraction of sp³-hybridized carbons (Fsp3) is 0.286. The molecule has 0 aromatic heterocycles. The first-order chi connectivity index (χ1) is 15.4. The number of sulfonamides is 1. The quantitative estimate of drug-likeness (QED) is 0.551. The standard InChI is InChI=1S/C21H20Cl2N2O7S/c1-11(2)13-8-12(32-21(28)24(3)4)9-16-17(13)19(26)25(33(16,29)30)10-31-20(27)18-14(22)6-5-7-15(18)23/h5-9,11H,10H2,1-4H3. The van der Waals surface area contributed by atoms with Gasteiger partial charge in [0, 0.05) is 20.2 Å². The number of amides is 2. The number of hydrogen-bond acceptors (Lipinski definition) is 7. The highest BCUT2D eigenvalue weighted by Crippen LogP contribution is 2.39. The van der Waals surface area contributed by atoms with Crippen molar-refractivity contribution >= 4 is 51.2 Å². The predicted octanol–water partition coefficient (Wildman–Crippen LogP) is 4.14. The molecule has 0 saturated heterocycles. The van der Waals surface area contributed by atoms with Gasteiger partial charge in [0.1, 0.15) is 10.6 Å². The van der Waals surface area contributed by atoms with Crippen LogP contribution in [-0.4, -0.2) is 56.4 Å². The molecule has 176 valence electrons. The Labute approximate surface area is 200 Å². The van der Waals surface area contributed by atoms with Crippen LogP contribution in [0.2, 0.25) is 10.0 Å². The second-order valence-electron chi connectivity index (χ2n) is 7.62. The third kappa shape index (κ3) is 4.64. The summed E-state index contributed by atoms with van der Waals surface area (Å²) in [5.74, 6) is -2.17. The van der Waals surface area contributed by atoms with Gasteiger partial charge in [-0.05, 0) is 29.7 Å². The molecule has 0 spiro atoms. The number of ether oxygens (including phenoxy) is 2. The average molecular weight is 515 g/mol. The maximum atomic E-state index is 13.1. The molecule has 0 radical (unpaired) electrons. The lowest BCUT2D eigenvalue weighted by Crippen LogP contribution is -2.33. The highest BCUT2D eigenvalue weighted by Gasteiger charge is 2.44. The lowest BCUT2D eigenvalue weighted by molar-refractivity contribution is 0.0358. The van der Waals surface area contributed by atoms with Crippen LogP contribution in [-0.2, 0) is 14.8 Å². The molecule has 0 N–H and O–H groups in total. The first-order valence-electron chi connectivity index (χ1n) is 9.61. The van der Waals surface area contributed by atoms with Gasteiger partial charge in [0.25, 0.3) is 15.9 Å². The summed E-state index contributed by atoms with van der Waals surface area (Å²) in [4.78, 5) is 38.3. The topological polar surface area (TPSA) is 110 Å². The Morgan fingerprint density at radius 1 is 1.12 bits per heavy atom. The second kappa shape index (κ2) is 9.20. The highest BCUT2D eigenvalue weighted by molar-refractivity contribution is 7.90. The normalized spacial score (nSPS) is 14.3. The summed E-state index contributed by atoms with van der Waals surface area (Å²) in [7, 11) is -1.45. The van der Waals surface area contributed by atoms with Crippen molar-refractivity contribution < 1.29 is 32.3 Å². The van der Waals surface area contributed by atoms with Gasteiger partial charge in [-0.1, -0.05) is 43.1 Å². The van der Waals surface area contributed by atoms with Gasteiger partial charge < -0.3 is 14.4 Å². The van der Waals surface area contributed by atoms with Crippen LogP contribution in [0.25, 0.3) is 0 Å². The fourth-order valence-electron chi connectivity index (χ4n) is 3.11. The molecular formula is C21H20Cl2N2O7S. The highest BCUT2D eigenvalue weighted by atomic mass is 35.5. The van der Waals surface area contributed by atoms with Crippen LogP contribution in [0.4, 0.5) is 4.79 Å². The predicted molar refractivity (Wildman–Crippen MR) is 120 cm³/mol. The third-order valence-corrected chi connectivity index (χ3v) is 7.15.